The summed E-state index contributed by atoms with van der Waals surface area (Å²) in [5, 5.41) is 9.80. The Labute approximate surface area is 98.9 Å². The summed E-state index contributed by atoms with van der Waals surface area (Å²) < 4.78 is 15.4. The van der Waals surface area contributed by atoms with Crippen LogP contribution >= 0.6 is 0 Å². The zero-order chi connectivity index (χ0) is 12.4. The molecule has 2 aromatic rings. The quantitative estimate of drug-likeness (QED) is 0.848. The Bertz CT molecular complexity index is 524. The summed E-state index contributed by atoms with van der Waals surface area (Å²) >= 11 is 0. The molecule has 0 saturated carbocycles. The molecule has 1 aromatic carbocycles. The Morgan fingerprint density at radius 3 is 2.94 bits per heavy atom. The highest BCUT2D eigenvalue weighted by Gasteiger charge is 2.18. The Balaban J connectivity index is 2.65. The van der Waals surface area contributed by atoms with Crippen molar-refractivity contribution in [2.45, 2.75) is 26.0 Å². The first-order valence-electron chi connectivity index (χ1n) is 5.71. The van der Waals surface area contributed by atoms with Crippen molar-refractivity contribution in [3.8, 4) is 0 Å². The molecule has 2 rings (SSSR count). The molecular formula is C12H16FN3O. The van der Waals surface area contributed by atoms with E-state index >= 15 is 0 Å². The maximum Gasteiger partial charge on any atom is 0.151 e. The fourth-order valence-corrected chi connectivity index (χ4v) is 1.95. The van der Waals surface area contributed by atoms with E-state index < -0.39 is 6.10 Å². The van der Waals surface area contributed by atoms with Gasteiger partial charge >= 0.3 is 0 Å². The van der Waals surface area contributed by atoms with Gasteiger partial charge in [-0.1, -0.05) is 13.0 Å². The van der Waals surface area contributed by atoms with E-state index in [9.17, 15) is 9.50 Å². The molecule has 0 bridgehead atoms. The minimum Gasteiger partial charge on any atom is -0.384 e. The second-order valence-electron chi connectivity index (χ2n) is 3.98. The van der Waals surface area contributed by atoms with Crippen LogP contribution < -0.4 is 5.73 Å². The molecule has 0 saturated heterocycles. The lowest BCUT2D eigenvalue weighted by atomic mass is 10.3. The van der Waals surface area contributed by atoms with Crippen molar-refractivity contribution in [1.82, 2.24) is 9.55 Å². The summed E-state index contributed by atoms with van der Waals surface area (Å²) in [4.78, 5) is 4.16. The number of para-hydroxylation sites is 1. The maximum absolute atomic E-state index is 13.6. The highest BCUT2D eigenvalue weighted by Crippen LogP contribution is 2.23. The van der Waals surface area contributed by atoms with Crippen LogP contribution in [0.5, 0.6) is 0 Å². The Kier molecular flexibility index (Phi) is 3.40. The van der Waals surface area contributed by atoms with Gasteiger partial charge in [0.15, 0.2) is 5.82 Å². The van der Waals surface area contributed by atoms with Crippen LogP contribution in [0.1, 0.15) is 25.3 Å². The van der Waals surface area contributed by atoms with Crippen molar-refractivity contribution in [2.75, 3.05) is 6.54 Å². The first-order valence-corrected chi connectivity index (χ1v) is 5.71. The minimum absolute atomic E-state index is 0.0780. The summed E-state index contributed by atoms with van der Waals surface area (Å²) in [6.45, 7) is 2.78. The molecule has 1 unspecified atom stereocenters. The number of hydrogen-bond acceptors (Lipinski definition) is 3. The molecule has 1 atom stereocenters. The van der Waals surface area contributed by atoms with E-state index in [1.165, 1.54) is 6.07 Å². The van der Waals surface area contributed by atoms with Gasteiger partial charge in [0, 0.05) is 13.1 Å². The first kappa shape index (κ1) is 12.0. The number of benzene rings is 1. The van der Waals surface area contributed by atoms with Crippen molar-refractivity contribution < 1.29 is 9.50 Å². The number of fused-ring (bicyclic) bond motifs is 1. The molecular weight excluding hydrogens is 221 g/mol. The second kappa shape index (κ2) is 4.81. The summed E-state index contributed by atoms with van der Waals surface area (Å²) in [6, 6.07) is 4.81. The van der Waals surface area contributed by atoms with Crippen molar-refractivity contribution >= 4 is 11.0 Å². The molecule has 0 aliphatic heterocycles. The predicted molar refractivity (Wildman–Crippen MR) is 64.0 cm³/mol. The fourth-order valence-electron chi connectivity index (χ4n) is 1.95. The van der Waals surface area contributed by atoms with Gasteiger partial charge in [-0.2, -0.15) is 0 Å². The molecule has 0 radical (unpaired) electrons. The minimum atomic E-state index is -0.853. The number of aliphatic hydroxyl groups is 1. The molecule has 3 N–H and O–H groups in total. The highest BCUT2D eigenvalue weighted by molar-refractivity contribution is 5.76. The standard InChI is InChI=1S/C12H16FN3O/c1-2-6-16-9-5-3-4-8(13)11(9)15-12(16)10(17)7-14/h3-5,10,17H,2,6-7,14H2,1H3. The molecule has 0 spiro atoms. The van der Waals surface area contributed by atoms with E-state index in [-0.39, 0.29) is 12.4 Å². The smallest absolute Gasteiger partial charge is 0.151 e. The lowest BCUT2D eigenvalue weighted by Gasteiger charge is -2.11. The van der Waals surface area contributed by atoms with Crippen LogP contribution in [0, 0.1) is 5.82 Å². The topological polar surface area (TPSA) is 64.1 Å². The number of aliphatic hydroxyl groups excluding tert-OH is 1. The monoisotopic (exact) mass is 237 g/mol. The van der Waals surface area contributed by atoms with Gasteiger partial charge in [0.1, 0.15) is 17.4 Å². The number of imidazole rings is 1. The van der Waals surface area contributed by atoms with Crippen LogP contribution in [0.3, 0.4) is 0 Å². The highest BCUT2D eigenvalue weighted by atomic mass is 19.1. The first-order chi connectivity index (χ1) is 8.19. The van der Waals surface area contributed by atoms with Crippen LogP contribution in [0.15, 0.2) is 18.2 Å². The van der Waals surface area contributed by atoms with Gasteiger partial charge in [-0.25, -0.2) is 9.37 Å². The molecule has 0 aliphatic carbocycles. The molecule has 0 amide bonds. The maximum atomic E-state index is 13.6. The molecule has 5 heteroatoms. The average molecular weight is 237 g/mol. The molecule has 17 heavy (non-hydrogen) atoms. The molecule has 92 valence electrons. The summed E-state index contributed by atoms with van der Waals surface area (Å²) in [6.07, 6.45) is 0.0278. The van der Waals surface area contributed by atoms with E-state index in [0.29, 0.717) is 23.4 Å². The molecule has 4 nitrogen and oxygen atoms in total. The number of hydrogen-bond donors (Lipinski definition) is 2. The van der Waals surface area contributed by atoms with Crippen molar-refractivity contribution in [1.29, 1.82) is 0 Å². The van der Waals surface area contributed by atoms with Gasteiger partial charge in [-0.15, -0.1) is 0 Å². The normalized spacial score (nSPS) is 13.2. The third-order valence-electron chi connectivity index (χ3n) is 2.73. The van der Waals surface area contributed by atoms with Crippen LogP contribution in [0.25, 0.3) is 11.0 Å². The number of nitrogens with two attached hydrogens (primary N) is 1. The molecule has 1 heterocycles. The number of nitrogens with zero attached hydrogens (tertiary/aromatic N) is 2. The zero-order valence-electron chi connectivity index (χ0n) is 9.73. The average Bonchev–Trinajstić information content (AvgIpc) is 2.70. The second-order valence-corrected chi connectivity index (χ2v) is 3.98. The van der Waals surface area contributed by atoms with E-state index in [4.69, 9.17) is 5.73 Å². The van der Waals surface area contributed by atoms with Crippen molar-refractivity contribution in [3.63, 3.8) is 0 Å². The molecule has 1 aromatic heterocycles. The number of halogens is 1. The summed E-state index contributed by atoms with van der Waals surface area (Å²) in [5.74, 6) is 0.0669. The Morgan fingerprint density at radius 1 is 1.53 bits per heavy atom. The van der Waals surface area contributed by atoms with E-state index in [1.54, 1.807) is 12.1 Å². The third kappa shape index (κ3) is 2.03. The van der Waals surface area contributed by atoms with E-state index in [2.05, 4.69) is 4.98 Å². The predicted octanol–water partition coefficient (Wildman–Crippen LogP) is 1.58. The zero-order valence-corrected chi connectivity index (χ0v) is 9.73. The van der Waals surface area contributed by atoms with E-state index in [1.807, 2.05) is 11.5 Å². The lowest BCUT2D eigenvalue weighted by Crippen LogP contribution is -2.17. The van der Waals surface area contributed by atoms with Crippen LogP contribution in [0.4, 0.5) is 4.39 Å². The largest absolute Gasteiger partial charge is 0.384 e. The SMILES string of the molecule is CCCn1c(C(O)CN)nc2c(F)cccc21. The lowest BCUT2D eigenvalue weighted by molar-refractivity contribution is 0.172. The van der Waals surface area contributed by atoms with Crippen LogP contribution in [-0.2, 0) is 6.54 Å². The molecule has 0 fully saturated rings. The van der Waals surface area contributed by atoms with Gasteiger partial charge in [0.2, 0.25) is 0 Å². The summed E-state index contributed by atoms with van der Waals surface area (Å²) in [5.41, 5.74) is 6.43. The summed E-state index contributed by atoms with van der Waals surface area (Å²) in [7, 11) is 0. The van der Waals surface area contributed by atoms with Crippen molar-refractivity contribution in [3.05, 3.63) is 29.8 Å². The Hall–Kier alpha value is -1.46. The molecule has 0 aliphatic rings. The van der Waals surface area contributed by atoms with Gasteiger partial charge in [0.25, 0.3) is 0 Å². The van der Waals surface area contributed by atoms with Gasteiger partial charge in [-0.05, 0) is 18.6 Å². The van der Waals surface area contributed by atoms with Crippen molar-refractivity contribution in [2.24, 2.45) is 5.73 Å². The van der Waals surface area contributed by atoms with Crippen LogP contribution in [-0.4, -0.2) is 21.2 Å². The number of rotatable bonds is 4. The van der Waals surface area contributed by atoms with E-state index in [0.717, 1.165) is 6.42 Å². The van der Waals surface area contributed by atoms with Crippen LogP contribution in [0.2, 0.25) is 0 Å². The van der Waals surface area contributed by atoms with Gasteiger partial charge in [-0.3, -0.25) is 0 Å². The Morgan fingerprint density at radius 2 is 2.29 bits per heavy atom. The fraction of sp³-hybridized carbons (Fsp3) is 0.417. The van der Waals surface area contributed by atoms with Gasteiger partial charge in [0.05, 0.1) is 5.52 Å². The number of aromatic nitrogens is 2. The third-order valence-corrected chi connectivity index (χ3v) is 2.73. The van der Waals surface area contributed by atoms with Gasteiger partial charge < -0.3 is 15.4 Å². The number of aryl methyl sites for hydroxylation is 1.